The molecule has 0 bridgehead atoms. The highest BCUT2D eigenvalue weighted by molar-refractivity contribution is 7.89. The average Bonchev–Trinajstić information content (AvgIpc) is 2.17. The molecule has 2 N–H and O–H groups in total. The molecule has 7 nitrogen and oxygen atoms in total. The third-order valence-electron chi connectivity index (χ3n) is 1.85. The monoisotopic (exact) mass is 246 g/mol. The minimum absolute atomic E-state index is 0.285. The van der Waals surface area contributed by atoms with Crippen molar-refractivity contribution in [3.8, 4) is 5.88 Å². The summed E-state index contributed by atoms with van der Waals surface area (Å²) in [4.78, 5) is 13.7. The van der Waals surface area contributed by atoms with E-state index in [0.29, 0.717) is 0 Å². The molecule has 0 unspecified atom stereocenters. The standard InChI is InChI=1S/C8H10N2O5S/c1-10(2)16(14,15)5-3-6(8(12)13)7(11)9-4-5/h3-4H,1-2H3,(H,9,11)(H,12,13). The Labute approximate surface area is 92.0 Å². The largest absolute Gasteiger partial charge is 0.493 e. The van der Waals surface area contributed by atoms with Crippen LogP contribution in [0.5, 0.6) is 5.88 Å². The molecule has 1 aromatic rings. The summed E-state index contributed by atoms with van der Waals surface area (Å²) in [5.74, 6) is -2.16. The van der Waals surface area contributed by atoms with Crippen molar-refractivity contribution < 1.29 is 23.4 Å². The normalized spacial score (nSPS) is 11.7. The third kappa shape index (κ3) is 2.12. The van der Waals surface area contributed by atoms with Crippen molar-refractivity contribution in [3.05, 3.63) is 17.8 Å². The summed E-state index contributed by atoms with van der Waals surface area (Å²) >= 11 is 0. The molecule has 0 radical (unpaired) electrons. The maximum absolute atomic E-state index is 11.6. The highest BCUT2D eigenvalue weighted by Crippen LogP contribution is 2.19. The smallest absolute Gasteiger partial charge is 0.341 e. The molecule has 0 aliphatic rings. The Balaban J connectivity index is 3.40. The molecular weight excluding hydrogens is 236 g/mol. The zero-order valence-electron chi connectivity index (χ0n) is 8.58. The lowest BCUT2D eigenvalue weighted by Crippen LogP contribution is -2.22. The van der Waals surface area contributed by atoms with Crippen LogP contribution in [-0.4, -0.2) is 48.0 Å². The number of sulfonamides is 1. The molecule has 0 saturated carbocycles. The molecule has 0 saturated heterocycles. The Morgan fingerprint density at radius 3 is 2.44 bits per heavy atom. The van der Waals surface area contributed by atoms with E-state index in [2.05, 4.69) is 4.98 Å². The van der Waals surface area contributed by atoms with Crippen LogP contribution < -0.4 is 0 Å². The predicted octanol–water partition coefficient (Wildman–Crippen LogP) is -0.264. The minimum Gasteiger partial charge on any atom is -0.493 e. The number of hydrogen-bond acceptors (Lipinski definition) is 5. The Morgan fingerprint density at radius 1 is 1.44 bits per heavy atom. The lowest BCUT2D eigenvalue weighted by Gasteiger charge is -2.11. The van der Waals surface area contributed by atoms with Crippen molar-refractivity contribution in [3.63, 3.8) is 0 Å². The average molecular weight is 246 g/mol. The fourth-order valence-electron chi connectivity index (χ4n) is 0.948. The van der Waals surface area contributed by atoms with Gasteiger partial charge in [-0.15, -0.1) is 0 Å². The van der Waals surface area contributed by atoms with Crippen LogP contribution in [0.4, 0.5) is 0 Å². The number of rotatable bonds is 3. The lowest BCUT2D eigenvalue weighted by molar-refractivity contribution is 0.0692. The quantitative estimate of drug-likeness (QED) is 0.760. The summed E-state index contributed by atoms with van der Waals surface area (Å²) in [7, 11) is -1.14. The highest BCUT2D eigenvalue weighted by Gasteiger charge is 2.21. The number of carboxylic acids is 1. The summed E-state index contributed by atoms with van der Waals surface area (Å²) in [6.07, 6.45) is 0.900. The van der Waals surface area contributed by atoms with Crippen LogP contribution in [0.15, 0.2) is 17.2 Å². The van der Waals surface area contributed by atoms with Gasteiger partial charge in [-0.25, -0.2) is 22.5 Å². The number of aromatic hydroxyl groups is 1. The summed E-state index contributed by atoms with van der Waals surface area (Å²) in [6, 6.07) is 0.861. The molecule has 16 heavy (non-hydrogen) atoms. The van der Waals surface area contributed by atoms with Crippen LogP contribution >= 0.6 is 0 Å². The second-order valence-electron chi connectivity index (χ2n) is 3.13. The van der Waals surface area contributed by atoms with Crippen molar-refractivity contribution in [2.24, 2.45) is 0 Å². The van der Waals surface area contributed by atoms with E-state index in [-0.39, 0.29) is 4.90 Å². The molecule has 0 aliphatic carbocycles. The number of carboxylic acid groups (broad SMARTS) is 1. The first kappa shape index (κ1) is 12.4. The summed E-state index contributed by atoms with van der Waals surface area (Å²) in [5.41, 5.74) is -0.553. The van der Waals surface area contributed by atoms with E-state index in [1.54, 1.807) is 0 Å². The van der Waals surface area contributed by atoms with Gasteiger partial charge in [-0.3, -0.25) is 0 Å². The zero-order valence-corrected chi connectivity index (χ0v) is 9.39. The van der Waals surface area contributed by atoms with Crippen LogP contribution in [0, 0.1) is 0 Å². The molecule has 88 valence electrons. The molecule has 1 rings (SSSR count). The van der Waals surface area contributed by atoms with Crippen molar-refractivity contribution in [1.29, 1.82) is 0 Å². The molecular formula is C8H10N2O5S. The van der Waals surface area contributed by atoms with E-state index in [0.717, 1.165) is 16.6 Å². The van der Waals surface area contributed by atoms with Crippen LogP contribution in [0.2, 0.25) is 0 Å². The van der Waals surface area contributed by atoms with Gasteiger partial charge >= 0.3 is 5.97 Å². The summed E-state index contributed by atoms with van der Waals surface area (Å²) in [6.45, 7) is 0. The van der Waals surface area contributed by atoms with Gasteiger partial charge < -0.3 is 10.2 Å². The number of nitrogens with zero attached hydrogens (tertiary/aromatic N) is 2. The SMILES string of the molecule is CN(C)S(=O)(=O)c1cnc(O)c(C(=O)O)c1. The van der Waals surface area contributed by atoms with Gasteiger partial charge in [0.1, 0.15) is 10.5 Å². The second kappa shape index (κ2) is 4.06. The molecule has 0 aliphatic heterocycles. The molecule has 1 heterocycles. The summed E-state index contributed by atoms with van der Waals surface area (Å²) in [5, 5.41) is 17.8. The van der Waals surface area contributed by atoms with Gasteiger partial charge in [-0.2, -0.15) is 0 Å². The fraction of sp³-hybridized carbons (Fsp3) is 0.250. The number of hydrogen-bond donors (Lipinski definition) is 2. The topological polar surface area (TPSA) is 108 Å². The van der Waals surface area contributed by atoms with Gasteiger partial charge in [-0.05, 0) is 6.07 Å². The maximum atomic E-state index is 11.6. The Hall–Kier alpha value is -1.67. The number of carbonyl (C=O) groups is 1. The number of pyridine rings is 1. The van der Waals surface area contributed by atoms with Gasteiger partial charge in [0.05, 0.1) is 6.20 Å². The van der Waals surface area contributed by atoms with Crippen LogP contribution in [0.3, 0.4) is 0 Å². The van der Waals surface area contributed by atoms with E-state index in [4.69, 9.17) is 10.2 Å². The second-order valence-corrected chi connectivity index (χ2v) is 5.29. The third-order valence-corrected chi connectivity index (χ3v) is 3.63. The molecule has 1 aromatic heterocycles. The highest BCUT2D eigenvalue weighted by atomic mass is 32.2. The first-order valence-electron chi connectivity index (χ1n) is 4.11. The van der Waals surface area contributed by atoms with Gasteiger partial charge in [0.15, 0.2) is 0 Å². The van der Waals surface area contributed by atoms with Crippen LogP contribution in [-0.2, 0) is 10.0 Å². The molecule has 0 atom stereocenters. The Morgan fingerprint density at radius 2 is 2.00 bits per heavy atom. The maximum Gasteiger partial charge on any atom is 0.341 e. The van der Waals surface area contributed by atoms with E-state index < -0.39 is 27.4 Å². The van der Waals surface area contributed by atoms with E-state index in [9.17, 15) is 13.2 Å². The van der Waals surface area contributed by atoms with E-state index in [1.165, 1.54) is 14.1 Å². The number of aromatic nitrogens is 1. The van der Waals surface area contributed by atoms with Crippen molar-refractivity contribution >= 4 is 16.0 Å². The van der Waals surface area contributed by atoms with E-state index in [1.807, 2.05) is 0 Å². The molecule has 8 heteroatoms. The molecule has 0 aromatic carbocycles. The zero-order chi connectivity index (χ0) is 12.5. The van der Waals surface area contributed by atoms with Gasteiger partial charge in [0.2, 0.25) is 15.9 Å². The van der Waals surface area contributed by atoms with Gasteiger partial charge in [-0.1, -0.05) is 0 Å². The lowest BCUT2D eigenvalue weighted by atomic mass is 10.3. The first-order chi connectivity index (χ1) is 7.26. The predicted molar refractivity (Wildman–Crippen MR) is 53.7 cm³/mol. The molecule has 0 spiro atoms. The minimum atomic E-state index is -3.75. The number of aromatic carboxylic acids is 1. The summed E-state index contributed by atoms with van der Waals surface area (Å²) < 4.78 is 24.2. The molecule has 0 fully saturated rings. The molecule has 0 amide bonds. The Kier molecular flexibility index (Phi) is 3.15. The first-order valence-corrected chi connectivity index (χ1v) is 5.55. The van der Waals surface area contributed by atoms with Crippen molar-refractivity contribution in [2.75, 3.05) is 14.1 Å². The fourth-order valence-corrected chi connectivity index (χ4v) is 1.82. The van der Waals surface area contributed by atoms with Crippen molar-refractivity contribution in [2.45, 2.75) is 4.90 Å². The van der Waals surface area contributed by atoms with E-state index >= 15 is 0 Å². The van der Waals surface area contributed by atoms with Gasteiger partial charge in [0, 0.05) is 14.1 Å². The van der Waals surface area contributed by atoms with Crippen molar-refractivity contribution in [1.82, 2.24) is 9.29 Å². The van der Waals surface area contributed by atoms with Crippen LogP contribution in [0.25, 0.3) is 0 Å². The van der Waals surface area contributed by atoms with Crippen LogP contribution in [0.1, 0.15) is 10.4 Å². The Bertz CT molecular complexity index is 523. The van der Waals surface area contributed by atoms with Gasteiger partial charge in [0.25, 0.3) is 0 Å².